The maximum absolute atomic E-state index is 12.3. The smallest absolute Gasteiger partial charge is 0.416 e. The number of carbonyl (C=O) groups excluding carboxylic acids is 1. The molecular weight excluding hydrogens is 197 g/mol. The van der Waals surface area contributed by atoms with Gasteiger partial charge in [0, 0.05) is 0 Å². The normalized spacial score (nSPS) is 15.2. The molecule has 0 aliphatic rings. The van der Waals surface area contributed by atoms with Crippen LogP contribution in [-0.4, -0.2) is 13.0 Å². The SMILES string of the molecule is [2H]C([2H])([2H])OC(=O)c1cccc(C(F)(F)F)c1. The molecule has 0 heterocycles. The second-order valence-corrected chi connectivity index (χ2v) is 2.47. The van der Waals surface area contributed by atoms with Gasteiger partial charge in [-0.05, 0) is 18.2 Å². The monoisotopic (exact) mass is 207 g/mol. The van der Waals surface area contributed by atoms with Crippen molar-refractivity contribution in [2.75, 3.05) is 7.04 Å². The van der Waals surface area contributed by atoms with Crippen LogP contribution in [0.2, 0.25) is 0 Å². The molecule has 0 aliphatic heterocycles. The summed E-state index contributed by atoms with van der Waals surface area (Å²) in [5.41, 5.74) is -1.51. The standard InChI is InChI=1S/C9H7F3O2/c1-14-8(13)6-3-2-4-7(5-6)9(10,11)12/h2-5H,1H3/i1D3. The van der Waals surface area contributed by atoms with Crippen molar-refractivity contribution >= 4 is 5.97 Å². The average Bonchev–Trinajstić information content (AvgIpc) is 2.14. The van der Waals surface area contributed by atoms with Gasteiger partial charge in [-0.2, -0.15) is 13.2 Å². The molecule has 1 aromatic rings. The van der Waals surface area contributed by atoms with Gasteiger partial charge in [0.25, 0.3) is 0 Å². The van der Waals surface area contributed by atoms with Crippen LogP contribution in [0.3, 0.4) is 0 Å². The first-order chi connectivity index (χ1) is 7.59. The number of hydrogen-bond acceptors (Lipinski definition) is 2. The van der Waals surface area contributed by atoms with Gasteiger partial charge < -0.3 is 4.74 Å². The summed E-state index contributed by atoms with van der Waals surface area (Å²) in [5.74, 6) is -1.32. The molecule has 0 aliphatic carbocycles. The molecule has 0 saturated heterocycles. The maximum atomic E-state index is 12.3. The molecule has 0 spiro atoms. The molecule has 0 saturated carbocycles. The van der Waals surface area contributed by atoms with Crippen LogP contribution in [0.15, 0.2) is 24.3 Å². The molecule has 0 radical (unpaired) electrons. The lowest BCUT2D eigenvalue weighted by Crippen LogP contribution is -2.08. The molecule has 5 heteroatoms. The molecule has 0 atom stereocenters. The van der Waals surface area contributed by atoms with Gasteiger partial charge in [0.15, 0.2) is 0 Å². The minimum Gasteiger partial charge on any atom is -0.465 e. The summed E-state index contributed by atoms with van der Waals surface area (Å²) in [6.07, 6.45) is -4.60. The van der Waals surface area contributed by atoms with Gasteiger partial charge in [0.2, 0.25) is 0 Å². The molecule has 1 rings (SSSR count). The number of methoxy groups -OCH3 is 1. The quantitative estimate of drug-likeness (QED) is 0.661. The topological polar surface area (TPSA) is 26.3 Å². The molecule has 1 aromatic carbocycles. The first-order valence-electron chi connectivity index (χ1n) is 5.00. The number of benzene rings is 1. The number of ether oxygens (including phenoxy) is 1. The van der Waals surface area contributed by atoms with Crippen molar-refractivity contribution in [1.29, 1.82) is 0 Å². The summed E-state index contributed by atoms with van der Waals surface area (Å²) in [7, 11) is -2.98. The summed E-state index contributed by atoms with van der Waals surface area (Å²) in [6.45, 7) is 0. The molecule has 0 aromatic heterocycles. The van der Waals surface area contributed by atoms with E-state index >= 15 is 0 Å². The van der Waals surface area contributed by atoms with Crippen LogP contribution in [0.5, 0.6) is 0 Å². The second kappa shape index (κ2) is 3.69. The molecule has 76 valence electrons. The minimum atomic E-state index is -4.60. The van der Waals surface area contributed by atoms with E-state index in [9.17, 15) is 18.0 Å². The van der Waals surface area contributed by atoms with Crippen molar-refractivity contribution < 1.29 is 26.8 Å². The Bertz CT molecular complexity index is 426. The first-order valence-corrected chi connectivity index (χ1v) is 3.50. The van der Waals surface area contributed by atoms with E-state index < -0.39 is 30.3 Å². The fourth-order valence-corrected chi connectivity index (χ4v) is 0.881. The number of halogens is 3. The number of hydrogen-bond donors (Lipinski definition) is 0. The Balaban J connectivity index is 2.97. The van der Waals surface area contributed by atoms with E-state index in [0.717, 1.165) is 18.2 Å². The maximum Gasteiger partial charge on any atom is 0.416 e. The largest absolute Gasteiger partial charge is 0.465 e. The van der Waals surface area contributed by atoms with Crippen LogP contribution in [0.1, 0.15) is 20.0 Å². The Hall–Kier alpha value is -1.52. The average molecular weight is 207 g/mol. The Morgan fingerprint density at radius 2 is 2.21 bits per heavy atom. The molecule has 14 heavy (non-hydrogen) atoms. The summed E-state index contributed by atoms with van der Waals surface area (Å²) >= 11 is 0. The van der Waals surface area contributed by atoms with Gasteiger partial charge >= 0.3 is 12.1 Å². The van der Waals surface area contributed by atoms with Crippen molar-refractivity contribution in [2.45, 2.75) is 6.18 Å². The molecule has 2 nitrogen and oxygen atoms in total. The van der Waals surface area contributed by atoms with Gasteiger partial charge in [-0.1, -0.05) is 6.07 Å². The second-order valence-electron chi connectivity index (χ2n) is 2.47. The van der Waals surface area contributed by atoms with Gasteiger partial charge in [0.1, 0.15) is 0 Å². The highest BCUT2D eigenvalue weighted by Gasteiger charge is 2.30. The zero-order valence-corrected chi connectivity index (χ0v) is 6.76. The Labute approximate surface area is 82.5 Å². The third kappa shape index (κ3) is 2.25. The van der Waals surface area contributed by atoms with E-state index in [4.69, 9.17) is 4.11 Å². The summed E-state index contributed by atoms with van der Waals surface area (Å²) in [6, 6.07) is 3.35. The van der Waals surface area contributed by atoms with E-state index in [1.165, 1.54) is 0 Å². The lowest BCUT2D eigenvalue weighted by Gasteiger charge is -2.07. The minimum absolute atomic E-state index is 0.462. The summed E-state index contributed by atoms with van der Waals surface area (Å²) in [4.78, 5) is 11.2. The summed E-state index contributed by atoms with van der Waals surface area (Å²) in [5, 5.41) is 0. The zero-order chi connectivity index (χ0) is 13.3. The van der Waals surface area contributed by atoms with E-state index in [-0.39, 0.29) is 0 Å². The molecule has 0 amide bonds. The zero-order valence-electron chi connectivity index (χ0n) is 9.76. The first kappa shape index (κ1) is 6.86. The molecule has 0 bridgehead atoms. The fourth-order valence-electron chi connectivity index (χ4n) is 0.881. The Morgan fingerprint density at radius 3 is 2.79 bits per heavy atom. The van der Waals surface area contributed by atoms with Crippen LogP contribution in [0.25, 0.3) is 0 Å². The van der Waals surface area contributed by atoms with Crippen molar-refractivity contribution in [3.63, 3.8) is 0 Å². The Morgan fingerprint density at radius 1 is 1.50 bits per heavy atom. The predicted octanol–water partition coefficient (Wildman–Crippen LogP) is 2.49. The Kier molecular flexibility index (Phi) is 1.81. The fraction of sp³-hybridized carbons (Fsp3) is 0.222. The molecule has 0 fully saturated rings. The van der Waals surface area contributed by atoms with Crippen LogP contribution in [0, 0.1) is 0 Å². The highest BCUT2D eigenvalue weighted by Crippen LogP contribution is 2.29. The number of esters is 1. The van der Waals surface area contributed by atoms with Gasteiger partial charge in [-0.3, -0.25) is 0 Å². The third-order valence-electron chi connectivity index (χ3n) is 1.52. The van der Waals surface area contributed by atoms with Crippen LogP contribution >= 0.6 is 0 Å². The number of alkyl halides is 3. The van der Waals surface area contributed by atoms with Crippen molar-refractivity contribution in [2.24, 2.45) is 0 Å². The van der Waals surface area contributed by atoms with Gasteiger partial charge in [-0.15, -0.1) is 0 Å². The molecule has 0 N–H and O–H groups in total. The number of carbonyl (C=O) groups is 1. The van der Waals surface area contributed by atoms with Crippen LogP contribution < -0.4 is 0 Å². The van der Waals surface area contributed by atoms with E-state index in [1.54, 1.807) is 0 Å². The molecule has 0 unspecified atom stereocenters. The highest BCUT2D eigenvalue weighted by atomic mass is 19.4. The van der Waals surface area contributed by atoms with Crippen molar-refractivity contribution in [3.8, 4) is 0 Å². The van der Waals surface area contributed by atoms with E-state index in [1.807, 2.05) is 0 Å². The van der Waals surface area contributed by atoms with Crippen LogP contribution in [-0.2, 0) is 10.9 Å². The predicted molar refractivity (Wildman–Crippen MR) is 42.8 cm³/mol. The van der Waals surface area contributed by atoms with Crippen molar-refractivity contribution in [1.82, 2.24) is 0 Å². The van der Waals surface area contributed by atoms with E-state index in [2.05, 4.69) is 4.74 Å². The number of rotatable bonds is 1. The third-order valence-corrected chi connectivity index (χ3v) is 1.52. The lowest BCUT2D eigenvalue weighted by atomic mass is 10.1. The van der Waals surface area contributed by atoms with Crippen molar-refractivity contribution in [3.05, 3.63) is 35.4 Å². The van der Waals surface area contributed by atoms with Crippen LogP contribution in [0.4, 0.5) is 13.2 Å². The van der Waals surface area contributed by atoms with E-state index in [0.29, 0.717) is 6.07 Å². The summed E-state index contributed by atoms with van der Waals surface area (Å²) < 4.78 is 60.9. The molecular formula is C9H7F3O2. The lowest BCUT2D eigenvalue weighted by molar-refractivity contribution is -0.137. The van der Waals surface area contributed by atoms with Gasteiger partial charge in [-0.25, -0.2) is 4.79 Å². The highest BCUT2D eigenvalue weighted by molar-refractivity contribution is 5.89. The van der Waals surface area contributed by atoms with Gasteiger partial charge in [0.05, 0.1) is 22.3 Å².